The molecular weight excluding hydrogens is 240 g/mol. The van der Waals surface area contributed by atoms with E-state index in [1.807, 2.05) is 20.8 Å². The van der Waals surface area contributed by atoms with E-state index >= 15 is 0 Å². The van der Waals surface area contributed by atoms with Gasteiger partial charge >= 0.3 is 0 Å². The Balaban J connectivity index is 2.23. The van der Waals surface area contributed by atoms with Crippen molar-refractivity contribution >= 4 is 11.8 Å². The Morgan fingerprint density at radius 2 is 1.84 bits per heavy atom. The minimum absolute atomic E-state index is 0.00870. The molecule has 0 aromatic heterocycles. The van der Waals surface area contributed by atoms with Crippen molar-refractivity contribution in [2.24, 2.45) is 0 Å². The first-order chi connectivity index (χ1) is 9.01. The summed E-state index contributed by atoms with van der Waals surface area (Å²) >= 11 is 0. The summed E-state index contributed by atoms with van der Waals surface area (Å²) < 4.78 is 0. The molecule has 1 aromatic carbocycles. The highest BCUT2D eigenvalue weighted by atomic mass is 16.2. The van der Waals surface area contributed by atoms with Crippen LogP contribution >= 0.6 is 0 Å². The lowest BCUT2D eigenvalue weighted by molar-refractivity contribution is -0.146. The summed E-state index contributed by atoms with van der Waals surface area (Å²) in [6.45, 7) is 6.63. The Morgan fingerprint density at radius 3 is 2.42 bits per heavy atom. The van der Waals surface area contributed by atoms with Crippen LogP contribution in [-0.2, 0) is 16.1 Å². The Morgan fingerprint density at radius 1 is 1.21 bits per heavy atom. The summed E-state index contributed by atoms with van der Waals surface area (Å²) in [4.78, 5) is 25.5. The highest BCUT2D eigenvalue weighted by Crippen LogP contribution is 2.16. The van der Waals surface area contributed by atoms with Gasteiger partial charge in [-0.1, -0.05) is 36.2 Å². The van der Waals surface area contributed by atoms with Crippen molar-refractivity contribution in [3.05, 3.63) is 34.9 Å². The number of amides is 2. The fraction of sp³-hybridized carbons (Fsp3) is 0.467. The minimum atomic E-state index is -0.345. The van der Waals surface area contributed by atoms with E-state index in [-0.39, 0.29) is 24.4 Å². The number of piperazine rings is 1. The van der Waals surface area contributed by atoms with Crippen molar-refractivity contribution in [2.75, 3.05) is 6.54 Å². The number of nitrogens with one attached hydrogen (secondary N) is 1. The zero-order valence-corrected chi connectivity index (χ0v) is 11.7. The van der Waals surface area contributed by atoms with Gasteiger partial charge in [0, 0.05) is 6.54 Å². The van der Waals surface area contributed by atoms with E-state index in [1.165, 1.54) is 11.1 Å². The molecule has 2 rings (SSSR count). The normalized spacial score (nSPS) is 19.5. The van der Waals surface area contributed by atoms with Crippen LogP contribution in [0.1, 0.15) is 30.0 Å². The van der Waals surface area contributed by atoms with E-state index in [9.17, 15) is 9.59 Å². The predicted molar refractivity (Wildman–Crippen MR) is 73.6 cm³/mol. The second-order valence-electron chi connectivity index (χ2n) is 5.16. The third-order valence-corrected chi connectivity index (χ3v) is 3.43. The summed E-state index contributed by atoms with van der Waals surface area (Å²) in [6.07, 6.45) is 0.641. The van der Waals surface area contributed by atoms with Gasteiger partial charge in [0.05, 0.1) is 6.54 Å². The molecule has 0 spiro atoms. The number of hydrogen-bond donors (Lipinski definition) is 1. The van der Waals surface area contributed by atoms with Crippen LogP contribution < -0.4 is 5.32 Å². The number of carbonyl (C=O) groups is 2. The van der Waals surface area contributed by atoms with E-state index in [0.717, 1.165) is 5.56 Å². The fourth-order valence-electron chi connectivity index (χ4n) is 2.66. The maximum atomic E-state index is 12.0. The molecule has 2 amide bonds. The average Bonchev–Trinajstić information content (AvgIpc) is 2.33. The fourth-order valence-corrected chi connectivity index (χ4v) is 2.66. The van der Waals surface area contributed by atoms with Gasteiger partial charge in [-0.25, -0.2) is 0 Å². The van der Waals surface area contributed by atoms with Gasteiger partial charge in [0.25, 0.3) is 0 Å². The van der Waals surface area contributed by atoms with Crippen LogP contribution in [0.2, 0.25) is 0 Å². The molecule has 1 unspecified atom stereocenters. The highest BCUT2D eigenvalue weighted by Gasteiger charge is 2.32. The molecule has 0 bridgehead atoms. The minimum Gasteiger partial charge on any atom is -0.345 e. The summed E-state index contributed by atoms with van der Waals surface area (Å²) in [6, 6.07) is 5.90. The summed E-state index contributed by atoms with van der Waals surface area (Å²) in [5, 5.41) is 2.64. The molecule has 1 aromatic rings. The van der Waals surface area contributed by atoms with Gasteiger partial charge in [0.15, 0.2) is 0 Å². The highest BCUT2D eigenvalue weighted by molar-refractivity contribution is 5.94. The van der Waals surface area contributed by atoms with E-state index in [1.54, 1.807) is 4.90 Å². The van der Waals surface area contributed by atoms with Crippen LogP contribution in [0.5, 0.6) is 0 Å². The monoisotopic (exact) mass is 260 g/mol. The molecule has 1 saturated heterocycles. The molecule has 1 fully saturated rings. The first-order valence-corrected chi connectivity index (χ1v) is 6.65. The molecule has 19 heavy (non-hydrogen) atoms. The number of nitrogens with zero attached hydrogens (tertiary/aromatic N) is 1. The maximum absolute atomic E-state index is 12.0. The molecule has 0 radical (unpaired) electrons. The molecule has 1 aliphatic heterocycles. The predicted octanol–water partition coefficient (Wildman–Crippen LogP) is 1.54. The van der Waals surface area contributed by atoms with Gasteiger partial charge in [-0.15, -0.1) is 0 Å². The second-order valence-corrected chi connectivity index (χ2v) is 5.16. The van der Waals surface area contributed by atoms with Gasteiger partial charge in [-0.2, -0.15) is 0 Å². The molecule has 102 valence electrons. The zero-order chi connectivity index (χ0) is 14.0. The van der Waals surface area contributed by atoms with E-state index in [2.05, 4.69) is 23.5 Å². The largest absolute Gasteiger partial charge is 0.345 e. The quantitative estimate of drug-likeness (QED) is 0.896. The molecule has 4 nitrogen and oxygen atoms in total. The first-order valence-electron chi connectivity index (χ1n) is 6.65. The van der Waals surface area contributed by atoms with Crippen LogP contribution in [0.15, 0.2) is 18.2 Å². The third-order valence-electron chi connectivity index (χ3n) is 3.43. The Bertz CT molecular complexity index is 491. The van der Waals surface area contributed by atoms with Crippen LogP contribution in [-0.4, -0.2) is 29.3 Å². The lowest BCUT2D eigenvalue weighted by atomic mass is 10.0. The van der Waals surface area contributed by atoms with Gasteiger partial charge < -0.3 is 10.2 Å². The van der Waals surface area contributed by atoms with Gasteiger partial charge in [-0.3, -0.25) is 9.59 Å². The number of rotatable bonds is 3. The summed E-state index contributed by atoms with van der Waals surface area (Å²) in [7, 11) is 0. The Hall–Kier alpha value is -1.84. The van der Waals surface area contributed by atoms with Gasteiger partial charge in [0.1, 0.15) is 6.04 Å². The zero-order valence-electron chi connectivity index (χ0n) is 11.7. The van der Waals surface area contributed by atoms with Crippen LogP contribution in [0, 0.1) is 13.8 Å². The van der Waals surface area contributed by atoms with E-state index in [4.69, 9.17) is 0 Å². The van der Waals surface area contributed by atoms with Crippen molar-refractivity contribution in [2.45, 2.75) is 39.8 Å². The molecule has 1 atom stereocenters. The first kappa shape index (κ1) is 13.6. The lowest BCUT2D eigenvalue weighted by Crippen LogP contribution is -2.57. The molecule has 0 saturated carbocycles. The van der Waals surface area contributed by atoms with Gasteiger partial charge in [0.2, 0.25) is 11.8 Å². The van der Waals surface area contributed by atoms with Crippen LogP contribution in [0.25, 0.3) is 0 Å². The number of aryl methyl sites for hydroxylation is 2. The summed E-state index contributed by atoms with van der Waals surface area (Å²) in [5.74, 6) is -0.0583. The molecule has 1 N–H and O–H groups in total. The summed E-state index contributed by atoms with van der Waals surface area (Å²) in [5.41, 5.74) is 3.44. The maximum Gasteiger partial charge on any atom is 0.243 e. The molecular formula is C15H20N2O2. The molecule has 0 aliphatic carbocycles. The van der Waals surface area contributed by atoms with Crippen molar-refractivity contribution < 1.29 is 9.59 Å². The molecule has 1 aliphatic rings. The van der Waals surface area contributed by atoms with Crippen LogP contribution in [0.3, 0.4) is 0 Å². The number of benzene rings is 1. The SMILES string of the molecule is CCC1C(=O)NCC(=O)N1Cc1cc(C)cc(C)c1. The average molecular weight is 260 g/mol. The van der Waals surface area contributed by atoms with E-state index < -0.39 is 0 Å². The second kappa shape index (κ2) is 5.43. The molecule has 4 heteroatoms. The van der Waals surface area contributed by atoms with Crippen molar-refractivity contribution in [1.29, 1.82) is 0 Å². The van der Waals surface area contributed by atoms with Crippen LogP contribution in [0.4, 0.5) is 0 Å². The Kier molecular flexibility index (Phi) is 3.88. The van der Waals surface area contributed by atoms with Crippen molar-refractivity contribution in [3.8, 4) is 0 Å². The number of carbonyl (C=O) groups excluding carboxylic acids is 2. The van der Waals surface area contributed by atoms with Gasteiger partial charge in [-0.05, 0) is 25.8 Å². The standard InChI is InChI=1S/C15H20N2O2/c1-4-13-15(19)16-8-14(18)17(13)9-12-6-10(2)5-11(3)7-12/h5-7,13H,4,8-9H2,1-3H3,(H,16,19). The Labute approximate surface area is 113 Å². The van der Waals surface area contributed by atoms with E-state index in [0.29, 0.717) is 13.0 Å². The lowest BCUT2D eigenvalue weighted by Gasteiger charge is -2.34. The van der Waals surface area contributed by atoms with Crippen molar-refractivity contribution in [3.63, 3.8) is 0 Å². The third kappa shape index (κ3) is 2.95. The smallest absolute Gasteiger partial charge is 0.243 e. The number of hydrogen-bond acceptors (Lipinski definition) is 2. The molecule has 1 heterocycles. The van der Waals surface area contributed by atoms with Crippen molar-refractivity contribution in [1.82, 2.24) is 10.2 Å². The topological polar surface area (TPSA) is 49.4 Å².